The molecule has 0 bridgehead atoms. The maximum atomic E-state index is 12.6. The van der Waals surface area contributed by atoms with Crippen LogP contribution in [0.25, 0.3) is 10.2 Å². The largest absolute Gasteiger partial charge is 0.314 e. The van der Waals surface area contributed by atoms with Gasteiger partial charge in [-0.3, -0.25) is 19.7 Å². The van der Waals surface area contributed by atoms with E-state index in [9.17, 15) is 19.7 Å². The number of imide groups is 1. The molecule has 2 amide bonds. The number of nitro groups is 1. The summed E-state index contributed by atoms with van der Waals surface area (Å²) in [4.78, 5) is 42.0. The molecular weight excluding hydrogens is 368 g/mol. The van der Waals surface area contributed by atoms with Crippen LogP contribution in [-0.4, -0.2) is 40.3 Å². The first-order valence-electron chi connectivity index (χ1n) is 8.24. The molecule has 1 N–H and O–H groups in total. The van der Waals surface area contributed by atoms with Gasteiger partial charge in [-0.15, -0.1) is 11.3 Å². The number of benzene rings is 2. The molecule has 0 saturated carbocycles. The zero-order valence-electron chi connectivity index (χ0n) is 14.3. The lowest BCUT2D eigenvalue weighted by Crippen LogP contribution is -3.09. The Labute approximate surface area is 157 Å². The number of aromatic nitrogens is 1. The highest BCUT2D eigenvalue weighted by atomic mass is 32.1. The van der Waals surface area contributed by atoms with Gasteiger partial charge in [-0.2, -0.15) is 0 Å². The number of para-hydroxylation sites is 1. The van der Waals surface area contributed by atoms with Gasteiger partial charge in [-0.05, 0) is 18.2 Å². The Kier molecular flexibility index (Phi) is 4.17. The van der Waals surface area contributed by atoms with E-state index in [2.05, 4.69) is 4.98 Å². The Morgan fingerprint density at radius 3 is 2.63 bits per heavy atom. The van der Waals surface area contributed by atoms with E-state index in [4.69, 9.17) is 0 Å². The minimum absolute atomic E-state index is 0.0852. The number of nitrogens with zero attached hydrogens (tertiary/aromatic N) is 3. The summed E-state index contributed by atoms with van der Waals surface area (Å²) in [5, 5.41) is 11.8. The number of amides is 2. The summed E-state index contributed by atoms with van der Waals surface area (Å²) >= 11 is 1.58. The molecule has 1 aliphatic rings. The molecule has 0 saturated heterocycles. The minimum Gasteiger partial charge on any atom is -0.314 e. The average Bonchev–Trinajstić information content (AvgIpc) is 3.15. The molecule has 8 nitrogen and oxygen atoms in total. The fourth-order valence-corrected chi connectivity index (χ4v) is 4.20. The summed E-state index contributed by atoms with van der Waals surface area (Å²) in [5.41, 5.74) is 1.02. The van der Waals surface area contributed by atoms with Crippen LogP contribution < -0.4 is 4.90 Å². The summed E-state index contributed by atoms with van der Waals surface area (Å²) in [7, 11) is 1.87. The van der Waals surface area contributed by atoms with Crippen LogP contribution in [0.15, 0.2) is 42.5 Å². The lowest BCUT2D eigenvalue weighted by atomic mass is 10.1. The third kappa shape index (κ3) is 3.07. The van der Waals surface area contributed by atoms with E-state index in [0.717, 1.165) is 25.0 Å². The molecule has 0 fully saturated rings. The van der Waals surface area contributed by atoms with Gasteiger partial charge in [0.15, 0.2) is 6.67 Å². The number of quaternary nitrogens is 1. The van der Waals surface area contributed by atoms with Gasteiger partial charge in [0.25, 0.3) is 17.5 Å². The zero-order valence-corrected chi connectivity index (χ0v) is 15.2. The van der Waals surface area contributed by atoms with E-state index in [1.807, 2.05) is 31.3 Å². The smallest absolute Gasteiger partial charge is 0.270 e. The van der Waals surface area contributed by atoms with Gasteiger partial charge in [0.2, 0.25) is 0 Å². The molecule has 0 aliphatic carbocycles. The summed E-state index contributed by atoms with van der Waals surface area (Å²) in [6, 6.07) is 11.6. The fraction of sp³-hybridized carbons (Fsp3) is 0.167. The predicted molar refractivity (Wildman–Crippen MR) is 98.7 cm³/mol. The van der Waals surface area contributed by atoms with Gasteiger partial charge in [-0.25, -0.2) is 9.88 Å². The first kappa shape index (κ1) is 17.3. The molecule has 4 rings (SSSR count). The monoisotopic (exact) mass is 383 g/mol. The Morgan fingerprint density at radius 2 is 1.89 bits per heavy atom. The lowest BCUT2D eigenvalue weighted by molar-refractivity contribution is -0.901. The molecule has 2 aromatic carbocycles. The molecule has 136 valence electrons. The SMILES string of the molecule is C[NH+](Cc1nc2ccccc2s1)CN1C(=O)c2ccc([N+](=O)[O-])cc2C1=O. The highest BCUT2D eigenvalue weighted by Gasteiger charge is 2.38. The number of hydrogen-bond donors (Lipinski definition) is 1. The van der Waals surface area contributed by atoms with Gasteiger partial charge < -0.3 is 4.90 Å². The van der Waals surface area contributed by atoms with Crippen molar-refractivity contribution in [2.45, 2.75) is 6.54 Å². The summed E-state index contributed by atoms with van der Waals surface area (Å²) in [5.74, 6) is -0.920. The van der Waals surface area contributed by atoms with E-state index in [1.54, 1.807) is 11.3 Å². The number of carbonyl (C=O) groups excluding carboxylic acids is 2. The number of nitro benzene ring substituents is 1. The quantitative estimate of drug-likeness (QED) is 0.409. The summed E-state index contributed by atoms with van der Waals surface area (Å²) in [6.45, 7) is 0.725. The lowest BCUT2D eigenvalue weighted by Gasteiger charge is -2.19. The van der Waals surface area contributed by atoms with Gasteiger partial charge in [0, 0.05) is 12.1 Å². The Balaban J connectivity index is 1.51. The first-order chi connectivity index (χ1) is 12.9. The molecule has 0 radical (unpaired) electrons. The number of fused-ring (bicyclic) bond motifs is 2. The minimum atomic E-state index is -0.578. The van der Waals surface area contributed by atoms with Crippen LogP contribution in [0.3, 0.4) is 0 Å². The number of carbonyl (C=O) groups is 2. The second kappa shape index (κ2) is 6.53. The van der Waals surface area contributed by atoms with Crippen molar-refractivity contribution in [1.82, 2.24) is 9.88 Å². The van der Waals surface area contributed by atoms with Crippen LogP contribution in [-0.2, 0) is 6.54 Å². The number of rotatable bonds is 5. The van der Waals surface area contributed by atoms with Crippen LogP contribution >= 0.6 is 11.3 Å². The maximum absolute atomic E-state index is 12.6. The second-order valence-corrected chi connectivity index (χ2v) is 7.51. The molecular formula is C18H15N4O4S+. The molecule has 3 aromatic rings. The molecule has 1 aromatic heterocycles. The third-order valence-electron chi connectivity index (χ3n) is 4.38. The summed E-state index contributed by atoms with van der Waals surface area (Å²) in [6.07, 6.45) is 0. The second-order valence-electron chi connectivity index (χ2n) is 6.39. The van der Waals surface area contributed by atoms with Gasteiger partial charge >= 0.3 is 0 Å². The van der Waals surface area contributed by atoms with E-state index in [-0.39, 0.29) is 23.5 Å². The van der Waals surface area contributed by atoms with Crippen LogP contribution in [0.4, 0.5) is 5.69 Å². The highest BCUT2D eigenvalue weighted by Crippen LogP contribution is 2.26. The van der Waals surface area contributed by atoms with Gasteiger partial charge in [0.1, 0.15) is 11.6 Å². The van der Waals surface area contributed by atoms with Crippen molar-refractivity contribution in [3.63, 3.8) is 0 Å². The van der Waals surface area contributed by atoms with Gasteiger partial charge in [0.05, 0.1) is 33.3 Å². The van der Waals surface area contributed by atoms with Crippen LogP contribution in [0.1, 0.15) is 25.7 Å². The topological polar surface area (TPSA) is 97.8 Å². The Hall–Kier alpha value is -3.17. The molecule has 1 atom stereocenters. The van der Waals surface area contributed by atoms with E-state index >= 15 is 0 Å². The molecule has 1 unspecified atom stereocenters. The maximum Gasteiger partial charge on any atom is 0.270 e. The number of non-ortho nitro benzene ring substituents is 1. The van der Waals surface area contributed by atoms with E-state index in [1.165, 1.54) is 18.2 Å². The number of nitrogens with one attached hydrogen (secondary N) is 1. The van der Waals surface area contributed by atoms with E-state index < -0.39 is 16.7 Å². The molecule has 27 heavy (non-hydrogen) atoms. The Bertz CT molecular complexity index is 1060. The predicted octanol–water partition coefficient (Wildman–Crippen LogP) is 1.47. The molecule has 9 heteroatoms. The van der Waals surface area contributed by atoms with Crippen molar-refractivity contribution in [1.29, 1.82) is 0 Å². The molecule has 0 spiro atoms. The van der Waals surface area contributed by atoms with Crippen molar-refractivity contribution >= 4 is 39.1 Å². The van der Waals surface area contributed by atoms with Crippen LogP contribution in [0.2, 0.25) is 0 Å². The zero-order chi connectivity index (χ0) is 19.1. The van der Waals surface area contributed by atoms with Crippen molar-refractivity contribution < 1.29 is 19.4 Å². The van der Waals surface area contributed by atoms with Crippen molar-refractivity contribution in [3.8, 4) is 0 Å². The van der Waals surface area contributed by atoms with E-state index in [0.29, 0.717) is 6.54 Å². The average molecular weight is 383 g/mol. The van der Waals surface area contributed by atoms with Crippen molar-refractivity contribution in [3.05, 3.63) is 68.7 Å². The van der Waals surface area contributed by atoms with Gasteiger partial charge in [-0.1, -0.05) is 12.1 Å². The molecule has 1 aliphatic heterocycles. The van der Waals surface area contributed by atoms with Crippen LogP contribution in [0, 0.1) is 10.1 Å². The van der Waals surface area contributed by atoms with Crippen molar-refractivity contribution in [2.75, 3.05) is 13.7 Å². The standard InChI is InChI=1S/C18H14N4O4S/c1-20(9-16-19-14-4-2-3-5-15(14)27-16)10-21-17(23)12-7-6-11(22(25)26)8-13(12)18(21)24/h2-8H,9-10H2,1H3/p+1. The third-order valence-corrected chi connectivity index (χ3v) is 5.42. The number of thiazole rings is 1. The summed E-state index contributed by atoms with van der Waals surface area (Å²) < 4.78 is 1.09. The normalized spacial score (nSPS) is 14.6. The first-order valence-corrected chi connectivity index (χ1v) is 9.06. The highest BCUT2D eigenvalue weighted by molar-refractivity contribution is 7.18. The Morgan fingerprint density at radius 1 is 1.15 bits per heavy atom. The number of hydrogen-bond acceptors (Lipinski definition) is 6. The van der Waals surface area contributed by atoms with Crippen molar-refractivity contribution in [2.24, 2.45) is 0 Å². The molecule has 2 heterocycles. The van der Waals surface area contributed by atoms with Crippen LogP contribution in [0.5, 0.6) is 0 Å². The fourth-order valence-electron chi connectivity index (χ4n) is 3.12.